The molecule has 11 heteroatoms. The number of hydrogen-bond donors (Lipinski definition) is 2. The molecule has 0 radical (unpaired) electrons. The fourth-order valence-electron chi connectivity index (χ4n) is 3.66. The number of guanidine groups is 1. The molecule has 2 aliphatic rings. The van der Waals surface area contributed by atoms with Gasteiger partial charge in [0.15, 0.2) is 5.96 Å². The first kappa shape index (κ1) is 22.4. The van der Waals surface area contributed by atoms with Gasteiger partial charge in [-0.15, -0.1) is 0 Å². The van der Waals surface area contributed by atoms with Crippen molar-refractivity contribution in [3.63, 3.8) is 0 Å². The number of rotatable bonds is 7. The topological polar surface area (TPSA) is 110 Å². The van der Waals surface area contributed by atoms with Gasteiger partial charge in [-0.1, -0.05) is 0 Å². The van der Waals surface area contributed by atoms with E-state index in [1.807, 2.05) is 4.90 Å². The van der Waals surface area contributed by atoms with Gasteiger partial charge in [0.25, 0.3) is 0 Å². The number of aliphatic imine (C=N–C) groups is 1. The Morgan fingerprint density at radius 1 is 1.10 bits per heavy atom. The second-order valence-electron chi connectivity index (χ2n) is 7.41. The Bertz CT molecular complexity index is 818. The zero-order chi connectivity index (χ0) is 21.4. The number of nitrogens with zero attached hydrogens (tertiary/aromatic N) is 5. The first-order chi connectivity index (χ1) is 14.5. The third-order valence-electron chi connectivity index (χ3n) is 5.35. The molecule has 1 amide bonds. The number of sulfonamides is 1. The highest BCUT2D eigenvalue weighted by Crippen LogP contribution is 2.09. The van der Waals surface area contributed by atoms with Gasteiger partial charge in [-0.2, -0.15) is 0 Å². The Hall–Kier alpha value is -2.24. The molecular formula is C19H31N7O3S. The molecule has 0 bridgehead atoms. The molecule has 0 aromatic carbocycles. The molecule has 1 aromatic rings. The number of amides is 1. The molecule has 166 valence electrons. The van der Waals surface area contributed by atoms with Crippen LogP contribution in [0.1, 0.15) is 12.8 Å². The van der Waals surface area contributed by atoms with E-state index in [1.54, 1.807) is 13.1 Å². The van der Waals surface area contributed by atoms with Crippen LogP contribution in [0.15, 0.2) is 34.4 Å². The lowest BCUT2D eigenvalue weighted by atomic mass is 10.3. The second kappa shape index (κ2) is 10.7. The third kappa shape index (κ3) is 6.13. The quantitative estimate of drug-likeness (QED) is 0.326. The third-order valence-corrected chi connectivity index (χ3v) is 6.79. The predicted octanol–water partition coefficient (Wildman–Crippen LogP) is -0.825. The highest BCUT2D eigenvalue weighted by atomic mass is 32.2. The van der Waals surface area contributed by atoms with E-state index in [-0.39, 0.29) is 17.3 Å². The van der Waals surface area contributed by atoms with Crippen LogP contribution < -0.4 is 10.0 Å². The molecule has 30 heavy (non-hydrogen) atoms. The highest BCUT2D eigenvalue weighted by Gasteiger charge is 2.24. The molecule has 0 unspecified atom stereocenters. The lowest BCUT2D eigenvalue weighted by Gasteiger charge is -2.36. The second-order valence-corrected chi connectivity index (χ2v) is 9.18. The molecule has 3 rings (SSSR count). The summed E-state index contributed by atoms with van der Waals surface area (Å²) in [7, 11) is -1.85. The summed E-state index contributed by atoms with van der Waals surface area (Å²) >= 11 is 0. The lowest BCUT2D eigenvalue weighted by Crippen LogP contribution is -2.54. The number of piperazine rings is 1. The Kier molecular flexibility index (Phi) is 8.00. The van der Waals surface area contributed by atoms with Gasteiger partial charge in [0.05, 0.1) is 6.54 Å². The summed E-state index contributed by atoms with van der Waals surface area (Å²) in [6, 6.07) is 3.10. The highest BCUT2D eigenvalue weighted by molar-refractivity contribution is 7.89. The van der Waals surface area contributed by atoms with Crippen molar-refractivity contribution in [2.75, 3.05) is 66.0 Å². The molecule has 2 fully saturated rings. The molecule has 2 aliphatic heterocycles. The summed E-state index contributed by atoms with van der Waals surface area (Å²) in [6.45, 7) is 6.06. The van der Waals surface area contributed by atoms with Crippen LogP contribution >= 0.6 is 0 Å². The molecule has 1 aromatic heterocycles. The van der Waals surface area contributed by atoms with Crippen molar-refractivity contribution in [2.24, 2.45) is 4.99 Å². The summed E-state index contributed by atoms with van der Waals surface area (Å²) in [6.07, 6.45) is 5.08. The number of aromatic nitrogens is 1. The molecule has 0 saturated carbocycles. The van der Waals surface area contributed by atoms with Crippen molar-refractivity contribution in [3.05, 3.63) is 24.5 Å². The maximum absolute atomic E-state index is 12.3. The lowest BCUT2D eigenvalue weighted by molar-refractivity contribution is -0.131. The zero-order valence-electron chi connectivity index (χ0n) is 17.5. The van der Waals surface area contributed by atoms with E-state index in [0.717, 1.165) is 58.1 Å². The number of nitrogens with one attached hydrogen (secondary N) is 2. The number of carbonyl (C=O) groups excluding carboxylic acids is 1. The van der Waals surface area contributed by atoms with Crippen molar-refractivity contribution in [2.45, 2.75) is 17.7 Å². The van der Waals surface area contributed by atoms with Crippen LogP contribution in [-0.4, -0.2) is 106 Å². The number of pyridine rings is 1. The molecular weight excluding hydrogens is 406 g/mol. The van der Waals surface area contributed by atoms with E-state index in [9.17, 15) is 13.2 Å². The molecule has 2 N–H and O–H groups in total. The average molecular weight is 438 g/mol. The van der Waals surface area contributed by atoms with Gasteiger partial charge in [0.1, 0.15) is 4.90 Å². The summed E-state index contributed by atoms with van der Waals surface area (Å²) < 4.78 is 27.0. The number of carbonyl (C=O) groups is 1. The monoisotopic (exact) mass is 437 g/mol. The van der Waals surface area contributed by atoms with Crippen molar-refractivity contribution < 1.29 is 13.2 Å². The van der Waals surface area contributed by atoms with Crippen LogP contribution in [-0.2, 0) is 14.8 Å². The minimum absolute atomic E-state index is 0.147. The smallest absolute Gasteiger partial charge is 0.242 e. The van der Waals surface area contributed by atoms with Crippen LogP contribution in [0.2, 0.25) is 0 Å². The average Bonchev–Trinajstić information content (AvgIpc) is 3.30. The Morgan fingerprint density at radius 2 is 1.83 bits per heavy atom. The summed E-state index contributed by atoms with van der Waals surface area (Å²) in [5.41, 5.74) is 0. The van der Waals surface area contributed by atoms with Crippen LogP contribution in [0.4, 0.5) is 0 Å². The normalized spacial score (nSPS) is 18.6. The molecule has 0 spiro atoms. The van der Waals surface area contributed by atoms with E-state index in [1.165, 1.54) is 18.5 Å². The van der Waals surface area contributed by atoms with Gasteiger partial charge >= 0.3 is 0 Å². The van der Waals surface area contributed by atoms with Gasteiger partial charge in [0.2, 0.25) is 15.9 Å². The summed E-state index contributed by atoms with van der Waals surface area (Å²) in [5.74, 6) is 0.963. The standard InChI is InChI=1S/C19H31N7O3S/c1-20-19(22-7-8-23-30(28,29)17-5-4-6-21-15-17)26-13-11-24(12-14-26)16-18(27)25-9-2-3-10-25/h4-6,15,23H,2-3,7-14,16H2,1H3,(H,20,22). The maximum Gasteiger partial charge on any atom is 0.242 e. The fourth-order valence-corrected chi connectivity index (χ4v) is 4.65. The van der Waals surface area contributed by atoms with Gasteiger partial charge in [-0.25, -0.2) is 13.1 Å². The zero-order valence-corrected chi connectivity index (χ0v) is 18.3. The molecule has 2 saturated heterocycles. The first-order valence-corrected chi connectivity index (χ1v) is 11.8. The minimum Gasteiger partial charge on any atom is -0.355 e. The van der Waals surface area contributed by atoms with Gasteiger partial charge in [0, 0.05) is 71.8 Å². The predicted molar refractivity (Wildman–Crippen MR) is 115 cm³/mol. The summed E-state index contributed by atoms with van der Waals surface area (Å²) in [4.78, 5) is 26.9. The van der Waals surface area contributed by atoms with Crippen LogP contribution in [0.3, 0.4) is 0 Å². The van der Waals surface area contributed by atoms with Gasteiger partial charge in [-0.05, 0) is 25.0 Å². The van der Waals surface area contributed by atoms with E-state index < -0.39 is 10.0 Å². The summed E-state index contributed by atoms with van der Waals surface area (Å²) in [5, 5.41) is 3.20. The Balaban J connectivity index is 1.38. The van der Waals surface area contributed by atoms with E-state index in [2.05, 4.69) is 29.8 Å². The van der Waals surface area contributed by atoms with E-state index in [4.69, 9.17) is 0 Å². The van der Waals surface area contributed by atoms with E-state index in [0.29, 0.717) is 13.1 Å². The van der Waals surface area contributed by atoms with Crippen molar-refractivity contribution >= 4 is 21.9 Å². The van der Waals surface area contributed by atoms with Gasteiger partial charge in [-0.3, -0.25) is 19.7 Å². The SMILES string of the molecule is CN=C(NCCNS(=O)(=O)c1cccnc1)N1CCN(CC(=O)N2CCCC2)CC1. The molecule has 3 heterocycles. The fraction of sp³-hybridized carbons (Fsp3) is 0.632. The van der Waals surface area contributed by atoms with Crippen LogP contribution in [0, 0.1) is 0 Å². The van der Waals surface area contributed by atoms with Crippen molar-refractivity contribution in [1.82, 2.24) is 29.7 Å². The van der Waals surface area contributed by atoms with Crippen molar-refractivity contribution in [1.29, 1.82) is 0 Å². The number of hydrogen-bond acceptors (Lipinski definition) is 6. The molecule has 10 nitrogen and oxygen atoms in total. The van der Waals surface area contributed by atoms with Crippen molar-refractivity contribution in [3.8, 4) is 0 Å². The number of likely N-dealkylation sites (tertiary alicyclic amines) is 1. The van der Waals surface area contributed by atoms with Crippen LogP contribution in [0.25, 0.3) is 0 Å². The Morgan fingerprint density at radius 3 is 2.47 bits per heavy atom. The minimum atomic E-state index is -3.56. The first-order valence-electron chi connectivity index (χ1n) is 10.3. The van der Waals surface area contributed by atoms with E-state index >= 15 is 0 Å². The molecule has 0 atom stereocenters. The largest absolute Gasteiger partial charge is 0.355 e. The maximum atomic E-state index is 12.3. The van der Waals surface area contributed by atoms with Crippen LogP contribution in [0.5, 0.6) is 0 Å². The van der Waals surface area contributed by atoms with Gasteiger partial charge < -0.3 is 15.1 Å². The Labute approximate surface area is 178 Å². The molecule has 0 aliphatic carbocycles.